The number of hydrogen-bond acceptors (Lipinski definition) is 3. The van der Waals surface area contributed by atoms with Gasteiger partial charge in [-0.1, -0.05) is 82.1 Å². The molecule has 3 nitrogen and oxygen atoms in total. The third-order valence-corrected chi connectivity index (χ3v) is 7.45. The Hall–Kier alpha value is -2.34. The molecule has 0 spiro atoms. The third kappa shape index (κ3) is 3.35. The molecule has 2 heterocycles. The molecule has 0 N–H and O–H groups in total. The summed E-state index contributed by atoms with van der Waals surface area (Å²) in [6.07, 6.45) is 0.384. The Morgan fingerprint density at radius 1 is 0.875 bits per heavy atom. The van der Waals surface area contributed by atoms with Crippen molar-refractivity contribution in [1.29, 1.82) is 0 Å². The number of benzene rings is 4. The average Bonchev–Trinajstić information content (AvgIpc) is 3.25. The van der Waals surface area contributed by atoms with Crippen LogP contribution in [0.3, 0.4) is 0 Å². The highest BCUT2D eigenvalue weighted by molar-refractivity contribution is 9.11. The maximum Gasteiger partial charge on any atom is 0.215 e. The first-order chi connectivity index (χ1) is 15.6. The zero-order valence-corrected chi connectivity index (χ0v) is 20.7. The summed E-state index contributed by atoms with van der Waals surface area (Å²) in [7, 11) is 0. The quantitative estimate of drug-likeness (QED) is 0.243. The molecule has 0 unspecified atom stereocenters. The van der Waals surface area contributed by atoms with Crippen molar-refractivity contribution in [3.05, 3.63) is 110 Å². The lowest BCUT2D eigenvalue weighted by Crippen LogP contribution is -2.34. The van der Waals surface area contributed by atoms with Gasteiger partial charge in [-0.2, -0.15) is 5.10 Å². The Morgan fingerprint density at radius 2 is 1.66 bits per heavy atom. The average molecular weight is 569 g/mol. The van der Waals surface area contributed by atoms with Crippen LogP contribution in [0.25, 0.3) is 10.8 Å². The van der Waals surface area contributed by atoms with E-state index >= 15 is 0 Å². The zero-order chi connectivity index (χ0) is 21.8. The van der Waals surface area contributed by atoms with Gasteiger partial charge in [-0.25, -0.2) is 5.01 Å². The van der Waals surface area contributed by atoms with Crippen molar-refractivity contribution in [2.75, 3.05) is 0 Å². The number of rotatable bonds is 2. The minimum atomic E-state index is -0.406. The fourth-order valence-corrected chi connectivity index (χ4v) is 6.12. The minimum Gasteiger partial charge on any atom is -0.463 e. The van der Waals surface area contributed by atoms with Crippen LogP contribution in [0, 0.1) is 0 Å². The molecule has 2 aliphatic rings. The molecular formula is C26H17Br2ClN2O. The van der Waals surface area contributed by atoms with Gasteiger partial charge >= 0.3 is 0 Å². The molecule has 4 aromatic rings. The highest BCUT2D eigenvalue weighted by Gasteiger charge is 2.42. The minimum absolute atomic E-state index is 0.0512. The number of ether oxygens (including phenoxy) is 1. The summed E-state index contributed by atoms with van der Waals surface area (Å²) >= 11 is 13.9. The molecule has 0 radical (unpaired) electrons. The smallest absolute Gasteiger partial charge is 0.215 e. The summed E-state index contributed by atoms with van der Waals surface area (Å²) in [5.74, 6) is 0.842. The molecule has 4 aromatic carbocycles. The molecule has 0 bridgehead atoms. The van der Waals surface area contributed by atoms with E-state index in [0.717, 1.165) is 43.5 Å². The number of hydrogen-bond donors (Lipinski definition) is 0. The fraction of sp³-hybridized carbons (Fsp3) is 0.115. The molecule has 0 amide bonds. The SMILES string of the molecule is Clc1ccccc1[C@H]1Oc2c(Br)cc(Br)cc2[C@H]2CC(c3ccc4ccccc4c3)=NN21. The maximum atomic E-state index is 6.58. The number of fused-ring (bicyclic) bond motifs is 4. The van der Waals surface area contributed by atoms with Crippen molar-refractivity contribution in [3.8, 4) is 5.75 Å². The fourth-order valence-electron chi connectivity index (χ4n) is 4.54. The lowest BCUT2D eigenvalue weighted by molar-refractivity contribution is -0.0196. The third-order valence-electron chi connectivity index (χ3n) is 6.06. The van der Waals surface area contributed by atoms with Crippen LogP contribution >= 0.6 is 43.5 Å². The monoisotopic (exact) mass is 566 g/mol. The molecule has 0 fully saturated rings. The van der Waals surface area contributed by atoms with Gasteiger partial charge in [-0.3, -0.25) is 0 Å². The van der Waals surface area contributed by atoms with Crippen LogP contribution in [0.1, 0.15) is 35.4 Å². The summed E-state index contributed by atoms with van der Waals surface area (Å²) in [5, 5.41) is 10.2. The van der Waals surface area contributed by atoms with Crippen LogP contribution < -0.4 is 4.74 Å². The van der Waals surface area contributed by atoms with Gasteiger partial charge in [-0.15, -0.1) is 0 Å². The first kappa shape index (κ1) is 20.3. The number of halogens is 3. The molecular weight excluding hydrogens is 552 g/mol. The van der Waals surface area contributed by atoms with Crippen molar-refractivity contribution in [3.63, 3.8) is 0 Å². The van der Waals surface area contributed by atoms with E-state index in [2.05, 4.69) is 85.4 Å². The van der Waals surface area contributed by atoms with Gasteiger partial charge in [0.05, 0.1) is 16.2 Å². The molecule has 2 atom stereocenters. The van der Waals surface area contributed by atoms with Crippen molar-refractivity contribution < 1.29 is 4.74 Å². The highest BCUT2D eigenvalue weighted by atomic mass is 79.9. The van der Waals surface area contributed by atoms with Gasteiger partial charge in [0.1, 0.15) is 5.75 Å². The normalized spacial score (nSPS) is 19.3. The predicted molar refractivity (Wildman–Crippen MR) is 136 cm³/mol. The van der Waals surface area contributed by atoms with E-state index in [1.54, 1.807) is 0 Å². The second-order valence-corrected chi connectivity index (χ2v) is 10.2. The summed E-state index contributed by atoms with van der Waals surface area (Å²) in [4.78, 5) is 0. The predicted octanol–water partition coefficient (Wildman–Crippen LogP) is 8.26. The Balaban J connectivity index is 1.49. The summed E-state index contributed by atoms with van der Waals surface area (Å²) in [6, 6.07) is 26.9. The zero-order valence-electron chi connectivity index (χ0n) is 16.8. The maximum absolute atomic E-state index is 6.58. The Morgan fingerprint density at radius 3 is 2.50 bits per heavy atom. The van der Waals surface area contributed by atoms with Gasteiger partial charge < -0.3 is 4.74 Å². The first-order valence-electron chi connectivity index (χ1n) is 10.3. The van der Waals surface area contributed by atoms with E-state index in [1.165, 1.54) is 10.8 Å². The van der Waals surface area contributed by atoms with Crippen molar-refractivity contribution in [1.82, 2.24) is 5.01 Å². The summed E-state index contributed by atoms with van der Waals surface area (Å²) < 4.78 is 8.44. The van der Waals surface area contributed by atoms with Crippen LogP contribution in [0.4, 0.5) is 0 Å². The van der Waals surface area contributed by atoms with Gasteiger partial charge in [0.15, 0.2) is 0 Å². The Kier molecular flexibility index (Phi) is 5.01. The molecule has 0 aliphatic carbocycles. The van der Waals surface area contributed by atoms with Crippen LogP contribution in [-0.4, -0.2) is 10.7 Å². The molecule has 158 valence electrons. The van der Waals surface area contributed by atoms with Gasteiger partial charge in [0.2, 0.25) is 6.23 Å². The van der Waals surface area contributed by atoms with E-state index in [0.29, 0.717) is 5.02 Å². The van der Waals surface area contributed by atoms with E-state index in [4.69, 9.17) is 21.4 Å². The summed E-state index contributed by atoms with van der Waals surface area (Å²) in [5.41, 5.74) is 4.19. The van der Waals surface area contributed by atoms with E-state index in [9.17, 15) is 0 Å². The Labute approximate surface area is 207 Å². The standard InChI is InChI=1S/C26H17Br2ClN2O/c27-18-12-20-24-14-23(17-10-9-15-5-1-2-6-16(15)11-17)30-31(24)26(32-25(20)21(28)13-18)19-7-3-4-8-22(19)29/h1-13,24,26H,14H2/t24-,26-/m1/s1. The van der Waals surface area contributed by atoms with Crippen LogP contribution in [0.2, 0.25) is 5.02 Å². The summed E-state index contributed by atoms with van der Waals surface area (Å²) in [6.45, 7) is 0. The second-order valence-electron chi connectivity index (χ2n) is 8.01. The first-order valence-corrected chi connectivity index (χ1v) is 12.3. The van der Waals surface area contributed by atoms with Crippen molar-refractivity contribution >= 4 is 59.9 Å². The van der Waals surface area contributed by atoms with E-state index < -0.39 is 6.23 Å². The largest absolute Gasteiger partial charge is 0.463 e. The molecule has 0 aromatic heterocycles. The van der Waals surface area contributed by atoms with Gasteiger partial charge in [0, 0.05) is 27.0 Å². The number of hydrazone groups is 1. The lowest BCUT2D eigenvalue weighted by Gasteiger charge is -2.39. The molecule has 0 saturated heterocycles. The molecule has 0 saturated carbocycles. The van der Waals surface area contributed by atoms with Crippen molar-refractivity contribution in [2.45, 2.75) is 18.7 Å². The molecule has 6 rings (SSSR count). The van der Waals surface area contributed by atoms with E-state index in [1.807, 2.05) is 30.3 Å². The highest BCUT2D eigenvalue weighted by Crippen LogP contribution is 2.51. The van der Waals surface area contributed by atoms with Crippen LogP contribution in [-0.2, 0) is 0 Å². The second kappa shape index (κ2) is 7.91. The van der Waals surface area contributed by atoms with Crippen LogP contribution in [0.15, 0.2) is 92.9 Å². The van der Waals surface area contributed by atoms with E-state index in [-0.39, 0.29) is 6.04 Å². The Bertz CT molecular complexity index is 1400. The van der Waals surface area contributed by atoms with Crippen LogP contribution in [0.5, 0.6) is 5.75 Å². The lowest BCUT2D eigenvalue weighted by atomic mass is 9.95. The molecule has 2 aliphatic heterocycles. The topological polar surface area (TPSA) is 24.8 Å². The molecule has 32 heavy (non-hydrogen) atoms. The van der Waals surface area contributed by atoms with Gasteiger partial charge in [0.25, 0.3) is 0 Å². The number of nitrogens with zero attached hydrogens (tertiary/aromatic N) is 2. The van der Waals surface area contributed by atoms with Gasteiger partial charge in [-0.05, 0) is 56.5 Å². The molecule has 6 heteroatoms. The van der Waals surface area contributed by atoms with Crippen molar-refractivity contribution in [2.24, 2.45) is 5.10 Å².